The summed E-state index contributed by atoms with van der Waals surface area (Å²) in [6, 6.07) is 0. The number of hydrogen-bond acceptors (Lipinski definition) is 3. The van der Waals surface area contributed by atoms with E-state index in [0.29, 0.717) is 32.6 Å². The molecule has 112 valence electrons. The van der Waals surface area contributed by atoms with Crippen molar-refractivity contribution in [2.45, 2.75) is 52.9 Å². The Morgan fingerprint density at radius 3 is 2.47 bits per heavy atom. The van der Waals surface area contributed by atoms with Gasteiger partial charge in [0.2, 0.25) is 5.91 Å². The molecular formula is C14H27NO4. The predicted octanol–water partition coefficient (Wildman–Crippen LogP) is 2.20. The highest BCUT2D eigenvalue weighted by Crippen LogP contribution is 2.25. The number of nitrogens with one attached hydrogen (secondary N) is 1. The highest BCUT2D eigenvalue weighted by Gasteiger charge is 2.19. The van der Waals surface area contributed by atoms with E-state index in [1.807, 2.05) is 20.8 Å². The van der Waals surface area contributed by atoms with Crippen LogP contribution in [0.2, 0.25) is 0 Å². The van der Waals surface area contributed by atoms with E-state index in [-0.39, 0.29) is 17.7 Å². The minimum absolute atomic E-state index is 0.0359. The van der Waals surface area contributed by atoms with Gasteiger partial charge in [-0.3, -0.25) is 9.59 Å². The second kappa shape index (κ2) is 9.78. The highest BCUT2D eigenvalue weighted by molar-refractivity contribution is 5.75. The third kappa shape index (κ3) is 11.7. The molecule has 0 aliphatic heterocycles. The summed E-state index contributed by atoms with van der Waals surface area (Å²) < 4.78 is 5.16. The lowest BCUT2D eigenvalue weighted by atomic mass is 9.84. The van der Waals surface area contributed by atoms with Crippen molar-refractivity contribution in [2.24, 2.45) is 5.41 Å². The molecule has 0 aliphatic rings. The van der Waals surface area contributed by atoms with Crippen LogP contribution in [-0.2, 0) is 14.3 Å². The molecular weight excluding hydrogens is 246 g/mol. The van der Waals surface area contributed by atoms with Crippen LogP contribution in [0.5, 0.6) is 0 Å². The number of ether oxygens (including phenoxy) is 1. The van der Waals surface area contributed by atoms with Crippen molar-refractivity contribution in [2.75, 3.05) is 19.8 Å². The van der Waals surface area contributed by atoms with Crippen molar-refractivity contribution in [1.82, 2.24) is 5.32 Å². The lowest BCUT2D eigenvalue weighted by Crippen LogP contribution is -2.28. The SMILES string of the molecule is CCOCCCC(=O)NCCC(C)(C)CCC(=O)O. The first-order valence-corrected chi connectivity index (χ1v) is 6.93. The van der Waals surface area contributed by atoms with Gasteiger partial charge in [-0.25, -0.2) is 0 Å². The lowest BCUT2D eigenvalue weighted by Gasteiger charge is -2.23. The van der Waals surface area contributed by atoms with Crippen LogP contribution in [-0.4, -0.2) is 36.7 Å². The average molecular weight is 273 g/mol. The topological polar surface area (TPSA) is 75.6 Å². The maximum Gasteiger partial charge on any atom is 0.303 e. The van der Waals surface area contributed by atoms with Crippen LogP contribution in [0.25, 0.3) is 0 Å². The van der Waals surface area contributed by atoms with Crippen molar-refractivity contribution in [1.29, 1.82) is 0 Å². The number of carboxylic acids is 1. The minimum atomic E-state index is -0.770. The summed E-state index contributed by atoms with van der Waals surface area (Å²) in [7, 11) is 0. The van der Waals surface area contributed by atoms with Crippen molar-refractivity contribution < 1.29 is 19.4 Å². The molecule has 5 heteroatoms. The predicted molar refractivity (Wildman–Crippen MR) is 74.0 cm³/mol. The van der Waals surface area contributed by atoms with Gasteiger partial charge in [-0.1, -0.05) is 13.8 Å². The lowest BCUT2D eigenvalue weighted by molar-refractivity contribution is -0.137. The zero-order valence-corrected chi connectivity index (χ0v) is 12.3. The van der Waals surface area contributed by atoms with Gasteiger partial charge >= 0.3 is 5.97 Å². The molecule has 0 fully saturated rings. The number of carbonyl (C=O) groups is 2. The van der Waals surface area contributed by atoms with E-state index in [0.717, 1.165) is 12.8 Å². The Morgan fingerprint density at radius 1 is 1.21 bits per heavy atom. The Labute approximate surface area is 115 Å². The van der Waals surface area contributed by atoms with Gasteiger partial charge in [-0.2, -0.15) is 0 Å². The van der Waals surface area contributed by atoms with E-state index < -0.39 is 5.97 Å². The zero-order valence-electron chi connectivity index (χ0n) is 12.3. The number of aliphatic carboxylic acids is 1. The zero-order chi connectivity index (χ0) is 14.7. The van der Waals surface area contributed by atoms with E-state index in [9.17, 15) is 9.59 Å². The van der Waals surface area contributed by atoms with E-state index in [2.05, 4.69) is 5.32 Å². The summed E-state index contributed by atoms with van der Waals surface area (Å²) in [6.07, 6.45) is 2.81. The van der Waals surface area contributed by atoms with Gasteiger partial charge in [-0.05, 0) is 31.6 Å². The Kier molecular flexibility index (Phi) is 9.21. The highest BCUT2D eigenvalue weighted by atomic mass is 16.5. The number of rotatable bonds is 11. The Hall–Kier alpha value is -1.10. The fourth-order valence-corrected chi connectivity index (χ4v) is 1.68. The molecule has 0 bridgehead atoms. The molecule has 0 unspecified atom stereocenters. The number of carbonyl (C=O) groups excluding carboxylic acids is 1. The van der Waals surface area contributed by atoms with Crippen LogP contribution < -0.4 is 5.32 Å². The second-order valence-electron chi connectivity index (χ2n) is 5.46. The monoisotopic (exact) mass is 273 g/mol. The van der Waals surface area contributed by atoms with Gasteiger partial charge in [0.1, 0.15) is 0 Å². The third-order valence-electron chi connectivity index (χ3n) is 3.04. The minimum Gasteiger partial charge on any atom is -0.481 e. The number of amides is 1. The molecule has 0 saturated carbocycles. The van der Waals surface area contributed by atoms with Crippen LogP contribution in [0.15, 0.2) is 0 Å². The average Bonchev–Trinajstić information content (AvgIpc) is 2.32. The van der Waals surface area contributed by atoms with Crippen molar-refractivity contribution >= 4 is 11.9 Å². The van der Waals surface area contributed by atoms with E-state index in [1.165, 1.54) is 0 Å². The van der Waals surface area contributed by atoms with Crippen LogP contribution in [0.3, 0.4) is 0 Å². The summed E-state index contributed by atoms with van der Waals surface area (Å²) in [5, 5.41) is 11.5. The summed E-state index contributed by atoms with van der Waals surface area (Å²) in [5.74, 6) is -0.734. The molecule has 0 atom stereocenters. The van der Waals surface area contributed by atoms with Crippen LogP contribution in [0.4, 0.5) is 0 Å². The Morgan fingerprint density at radius 2 is 1.89 bits per heavy atom. The smallest absolute Gasteiger partial charge is 0.303 e. The first kappa shape index (κ1) is 17.9. The van der Waals surface area contributed by atoms with Gasteiger partial charge in [0.05, 0.1) is 0 Å². The fourth-order valence-electron chi connectivity index (χ4n) is 1.68. The molecule has 0 saturated heterocycles. The van der Waals surface area contributed by atoms with Gasteiger partial charge in [-0.15, -0.1) is 0 Å². The molecule has 19 heavy (non-hydrogen) atoms. The summed E-state index contributed by atoms with van der Waals surface area (Å²) in [5.41, 5.74) is -0.0585. The molecule has 0 aromatic rings. The molecule has 5 nitrogen and oxygen atoms in total. The quantitative estimate of drug-likeness (QED) is 0.566. The Bertz CT molecular complexity index is 277. The summed E-state index contributed by atoms with van der Waals surface area (Å²) >= 11 is 0. The van der Waals surface area contributed by atoms with E-state index >= 15 is 0 Å². The third-order valence-corrected chi connectivity index (χ3v) is 3.04. The molecule has 0 radical (unpaired) electrons. The van der Waals surface area contributed by atoms with E-state index in [4.69, 9.17) is 9.84 Å². The van der Waals surface area contributed by atoms with Gasteiger partial charge in [0.25, 0.3) is 0 Å². The van der Waals surface area contributed by atoms with Gasteiger partial charge < -0.3 is 15.2 Å². The normalized spacial score (nSPS) is 11.3. The molecule has 0 aromatic heterocycles. The van der Waals surface area contributed by atoms with E-state index in [1.54, 1.807) is 0 Å². The molecule has 0 aromatic carbocycles. The van der Waals surface area contributed by atoms with Crippen molar-refractivity contribution in [3.63, 3.8) is 0 Å². The first-order valence-electron chi connectivity index (χ1n) is 6.93. The van der Waals surface area contributed by atoms with Crippen LogP contribution in [0, 0.1) is 5.41 Å². The molecule has 0 heterocycles. The first-order chi connectivity index (χ1) is 8.87. The number of hydrogen-bond donors (Lipinski definition) is 2. The van der Waals surface area contributed by atoms with Gasteiger partial charge in [0, 0.05) is 32.6 Å². The second-order valence-corrected chi connectivity index (χ2v) is 5.46. The number of carboxylic acid groups (broad SMARTS) is 1. The summed E-state index contributed by atoms with van der Waals surface area (Å²) in [4.78, 5) is 22.0. The van der Waals surface area contributed by atoms with Crippen molar-refractivity contribution in [3.8, 4) is 0 Å². The maximum absolute atomic E-state index is 11.5. The molecule has 1 amide bonds. The molecule has 0 aliphatic carbocycles. The molecule has 0 spiro atoms. The Balaban J connectivity index is 3.64. The van der Waals surface area contributed by atoms with Crippen LogP contribution in [0.1, 0.15) is 52.9 Å². The summed E-state index contributed by atoms with van der Waals surface area (Å²) in [6.45, 7) is 7.88. The molecule has 0 rings (SSSR count). The maximum atomic E-state index is 11.5. The van der Waals surface area contributed by atoms with Crippen LogP contribution >= 0.6 is 0 Å². The standard InChI is InChI=1S/C14H27NO4/c1-4-19-11-5-6-12(16)15-10-9-14(2,3)8-7-13(17)18/h4-11H2,1-3H3,(H,15,16)(H,17,18). The fraction of sp³-hybridized carbons (Fsp3) is 0.857. The largest absolute Gasteiger partial charge is 0.481 e. The van der Waals surface area contributed by atoms with Crippen molar-refractivity contribution in [3.05, 3.63) is 0 Å². The molecule has 2 N–H and O–H groups in total. The van der Waals surface area contributed by atoms with Gasteiger partial charge in [0.15, 0.2) is 0 Å².